The molecule has 78 valence electrons. The second kappa shape index (κ2) is 4.59. The molecule has 3 nitrogen and oxygen atoms in total. The van der Waals surface area contributed by atoms with Crippen molar-refractivity contribution in [3.8, 4) is 0 Å². The van der Waals surface area contributed by atoms with Crippen LogP contribution in [0.15, 0.2) is 24.7 Å². The molecular weight excluding hydrogens is 230 g/mol. The van der Waals surface area contributed by atoms with E-state index in [-0.39, 0.29) is 0 Å². The summed E-state index contributed by atoms with van der Waals surface area (Å²) in [4.78, 5) is 9.30. The normalized spacial score (nSPS) is 10.3. The summed E-state index contributed by atoms with van der Waals surface area (Å²) in [5.74, 6) is 0. The second-order valence-electron chi connectivity index (χ2n) is 3.05. The molecule has 2 aromatic rings. The van der Waals surface area contributed by atoms with Gasteiger partial charge in [-0.1, -0.05) is 11.6 Å². The lowest BCUT2D eigenvalue weighted by atomic mass is 10.4. The van der Waals surface area contributed by atoms with Crippen LogP contribution in [0.4, 0.5) is 5.69 Å². The Hall–Kier alpha value is -1.13. The zero-order valence-electron chi connectivity index (χ0n) is 8.20. The average molecular weight is 240 g/mol. The van der Waals surface area contributed by atoms with Crippen LogP contribution in [0.3, 0.4) is 0 Å². The second-order valence-corrected chi connectivity index (χ2v) is 4.78. The van der Waals surface area contributed by atoms with Gasteiger partial charge in [0.15, 0.2) is 0 Å². The first-order valence-electron chi connectivity index (χ1n) is 4.50. The number of anilines is 1. The number of rotatable bonds is 3. The molecule has 0 fully saturated rings. The number of hydrogen-bond acceptors (Lipinski definition) is 4. The molecule has 2 heterocycles. The van der Waals surface area contributed by atoms with E-state index < -0.39 is 0 Å². The summed E-state index contributed by atoms with van der Waals surface area (Å²) in [6.07, 6.45) is 5.22. The van der Waals surface area contributed by atoms with Gasteiger partial charge in [-0.25, -0.2) is 4.98 Å². The van der Waals surface area contributed by atoms with E-state index in [0.717, 1.165) is 17.2 Å². The number of halogens is 1. The minimum Gasteiger partial charge on any atom is -0.379 e. The Morgan fingerprint density at radius 3 is 3.00 bits per heavy atom. The molecule has 15 heavy (non-hydrogen) atoms. The van der Waals surface area contributed by atoms with Gasteiger partial charge in [0.05, 0.1) is 22.3 Å². The first kappa shape index (κ1) is 10.4. The van der Waals surface area contributed by atoms with Crippen LogP contribution >= 0.6 is 22.9 Å². The maximum absolute atomic E-state index is 5.96. The molecule has 0 aromatic carbocycles. The summed E-state index contributed by atoms with van der Waals surface area (Å²) in [6, 6.07) is 1.86. The quantitative estimate of drug-likeness (QED) is 0.895. The standard InChI is InChI=1S/C10H10ClN3S/c1-7-13-4-8(15-7)5-14-10-2-3-12-6-9(10)11/h2-4,6H,5H2,1H3,(H,12,14). The highest BCUT2D eigenvalue weighted by Crippen LogP contribution is 2.21. The Balaban J connectivity index is 2.02. The van der Waals surface area contributed by atoms with Crippen molar-refractivity contribution in [1.29, 1.82) is 0 Å². The molecule has 5 heteroatoms. The fourth-order valence-corrected chi connectivity index (χ4v) is 2.11. The Kier molecular flexibility index (Phi) is 3.18. The Morgan fingerprint density at radius 1 is 1.47 bits per heavy atom. The molecule has 2 aromatic heterocycles. The van der Waals surface area contributed by atoms with Gasteiger partial charge in [-0.3, -0.25) is 4.98 Å². The Labute approximate surface area is 97.2 Å². The highest BCUT2D eigenvalue weighted by molar-refractivity contribution is 7.11. The summed E-state index contributed by atoms with van der Waals surface area (Å²) in [5.41, 5.74) is 0.901. The van der Waals surface area contributed by atoms with Gasteiger partial charge in [0.2, 0.25) is 0 Å². The molecule has 0 radical (unpaired) electrons. The van der Waals surface area contributed by atoms with Crippen LogP contribution in [0, 0.1) is 6.92 Å². The Morgan fingerprint density at radius 2 is 2.33 bits per heavy atom. The number of hydrogen-bond donors (Lipinski definition) is 1. The van der Waals surface area contributed by atoms with E-state index in [1.54, 1.807) is 23.7 Å². The number of aromatic nitrogens is 2. The largest absolute Gasteiger partial charge is 0.379 e. The third-order valence-electron chi connectivity index (χ3n) is 1.89. The van der Waals surface area contributed by atoms with E-state index in [9.17, 15) is 0 Å². The minimum atomic E-state index is 0.638. The van der Waals surface area contributed by atoms with Crippen LogP contribution in [-0.4, -0.2) is 9.97 Å². The summed E-state index contributed by atoms with van der Waals surface area (Å²) in [5, 5.41) is 4.96. The molecule has 0 atom stereocenters. The van der Waals surface area contributed by atoms with Gasteiger partial charge in [-0.2, -0.15) is 0 Å². The van der Waals surface area contributed by atoms with Crippen molar-refractivity contribution in [3.63, 3.8) is 0 Å². The maximum atomic E-state index is 5.96. The fourth-order valence-electron chi connectivity index (χ4n) is 1.19. The highest BCUT2D eigenvalue weighted by Gasteiger charge is 2.00. The van der Waals surface area contributed by atoms with E-state index in [2.05, 4.69) is 15.3 Å². The van der Waals surface area contributed by atoms with Crippen molar-refractivity contribution < 1.29 is 0 Å². The third kappa shape index (κ3) is 2.67. The van der Waals surface area contributed by atoms with Crippen LogP contribution in [-0.2, 0) is 6.54 Å². The topological polar surface area (TPSA) is 37.8 Å². The Bertz CT molecular complexity index is 455. The zero-order valence-corrected chi connectivity index (χ0v) is 9.77. The van der Waals surface area contributed by atoms with E-state index in [1.165, 1.54) is 4.88 Å². The number of pyridine rings is 1. The van der Waals surface area contributed by atoms with E-state index in [4.69, 9.17) is 11.6 Å². The molecule has 0 amide bonds. The van der Waals surface area contributed by atoms with Crippen LogP contribution in [0.1, 0.15) is 9.88 Å². The van der Waals surface area contributed by atoms with Gasteiger partial charge in [-0.15, -0.1) is 11.3 Å². The van der Waals surface area contributed by atoms with Crippen LogP contribution in [0.25, 0.3) is 0 Å². The lowest BCUT2D eigenvalue weighted by Crippen LogP contribution is -1.97. The molecule has 0 aliphatic rings. The molecule has 2 rings (SSSR count). The van der Waals surface area contributed by atoms with Gasteiger partial charge in [0.1, 0.15) is 0 Å². The van der Waals surface area contributed by atoms with Gasteiger partial charge in [0, 0.05) is 23.5 Å². The molecule has 0 saturated carbocycles. The van der Waals surface area contributed by atoms with Crippen LogP contribution in [0.2, 0.25) is 5.02 Å². The molecule has 0 spiro atoms. The molecule has 0 bridgehead atoms. The van der Waals surface area contributed by atoms with E-state index in [1.807, 2.05) is 19.2 Å². The molecular formula is C10H10ClN3S. The highest BCUT2D eigenvalue weighted by atomic mass is 35.5. The molecule has 1 N–H and O–H groups in total. The smallest absolute Gasteiger partial charge is 0.0897 e. The molecule has 0 unspecified atom stereocenters. The SMILES string of the molecule is Cc1ncc(CNc2ccncc2Cl)s1. The fraction of sp³-hybridized carbons (Fsp3) is 0.200. The third-order valence-corrected chi connectivity index (χ3v) is 3.11. The monoisotopic (exact) mass is 239 g/mol. The summed E-state index contributed by atoms with van der Waals surface area (Å²) >= 11 is 7.64. The van der Waals surface area contributed by atoms with Gasteiger partial charge in [-0.05, 0) is 13.0 Å². The van der Waals surface area contributed by atoms with Crippen molar-refractivity contribution in [2.24, 2.45) is 0 Å². The van der Waals surface area contributed by atoms with E-state index in [0.29, 0.717) is 5.02 Å². The van der Waals surface area contributed by atoms with Crippen molar-refractivity contribution >= 4 is 28.6 Å². The summed E-state index contributed by atoms with van der Waals surface area (Å²) in [6.45, 7) is 2.74. The lowest BCUT2D eigenvalue weighted by molar-refractivity contribution is 1.16. The van der Waals surface area contributed by atoms with E-state index >= 15 is 0 Å². The predicted octanol–water partition coefficient (Wildman–Crippen LogP) is 3.11. The lowest BCUT2D eigenvalue weighted by Gasteiger charge is -2.05. The number of nitrogens with zero attached hydrogens (tertiary/aromatic N) is 2. The number of aryl methyl sites for hydroxylation is 1. The van der Waals surface area contributed by atoms with Gasteiger partial charge < -0.3 is 5.32 Å². The van der Waals surface area contributed by atoms with Crippen LogP contribution < -0.4 is 5.32 Å². The molecule has 0 aliphatic carbocycles. The maximum Gasteiger partial charge on any atom is 0.0897 e. The predicted molar refractivity (Wildman–Crippen MR) is 63.4 cm³/mol. The van der Waals surface area contributed by atoms with Crippen molar-refractivity contribution in [1.82, 2.24) is 9.97 Å². The van der Waals surface area contributed by atoms with Gasteiger partial charge >= 0.3 is 0 Å². The van der Waals surface area contributed by atoms with Gasteiger partial charge in [0.25, 0.3) is 0 Å². The van der Waals surface area contributed by atoms with Crippen LogP contribution in [0.5, 0.6) is 0 Å². The average Bonchev–Trinajstić information content (AvgIpc) is 2.63. The van der Waals surface area contributed by atoms with Crippen molar-refractivity contribution in [2.75, 3.05) is 5.32 Å². The van der Waals surface area contributed by atoms with Crippen molar-refractivity contribution in [2.45, 2.75) is 13.5 Å². The molecule has 0 aliphatic heterocycles. The number of nitrogens with one attached hydrogen (secondary N) is 1. The number of thiazole rings is 1. The minimum absolute atomic E-state index is 0.638. The molecule has 0 saturated heterocycles. The van der Waals surface area contributed by atoms with Crippen molar-refractivity contribution in [3.05, 3.63) is 39.6 Å². The first-order valence-corrected chi connectivity index (χ1v) is 5.70. The first-order chi connectivity index (χ1) is 7.25. The zero-order chi connectivity index (χ0) is 10.7. The summed E-state index contributed by atoms with van der Waals surface area (Å²) in [7, 11) is 0. The summed E-state index contributed by atoms with van der Waals surface area (Å²) < 4.78 is 0.